The summed E-state index contributed by atoms with van der Waals surface area (Å²) in [6, 6.07) is 12.5. The number of aryl methyl sites for hydroxylation is 1. The van der Waals surface area contributed by atoms with Crippen LogP contribution < -0.4 is 15.4 Å². The molecule has 2 aromatic heterocycles. The van der Waals surface area contributed by atoms with E-state index in [4.69, 9.17) is 9.47 Å². The van der Waals surface area contributed by atoms with E-state index in [9.17, 15) is 14.7 Å². The highest BCUT2D eigenvalue weighted by Gasteiger charge is 2.34. The van der Waals surface area contributed by atoms with Gasteiger partial charge in [0.25, 0.3) is 5.91 Å². The van der Waals surface area contributed by atoms with Gasteiger partial charge in [0, 0.05) is 47.2 Å². The summed E-state index contributed by atoms with van der Waals surface area (Å²) >= 11 is 0. The van der Waals surface area contributed by atoms with Crippen molar-refractivity contribution in [1.29, 1.82) is 0 Å². The van der Waals surface area contributed by atoms with Crippen molar-refractivity contribution in [2.24, 2.45) is 0 Å². The van der Waals surface area contributed by atoms with E-state index in [-0.39, 0.29) is 17.0 Å². The summed E-state index contributed by atoms with van der Waals surface area (Å²) < 4.78 is 28.6. The van der Waals surface area contributed by atoms with Gasteiger partial charge in [-0.3, -0.25) is 4.79 Å². The van der Waals surface area contributed by atoms with Crippen molar-refractivity contribution in [2.45, 2.75) is 59.2 Å². The second-order valence-electron chi connectivity index (χ2n) is 11.5. The predicted octanol–water partition coefficient (Wildman–Crippen LogP) is 5.26. The number of aliphatic carboxylic acids is 1. The summed E-state index contributed by atoms with van der Waals surface area (Å²) in [6.45, 7) is 10.1. The molecule has 2 aromatic carbocycles. The number of halogens is 1. The molecule has 0 saturated heterocycles. The number of amides is 1. The van der Waals surface area contributed by atoms with Crippen LogP contribution in [0, 0.1) is 19.7 Å². The first kappa shape index (κ1) is 30.0. The number of fused-ring (bicyclic) bond motifs is 2. The van der Waals surface area contributed by atoms with Gasteiger partial charge in [0.1, 0.15) is 0 Å². The van der Waals surface area contributed by atoms with Crippen molar-refractivity contribution in [3.63, 3.8) is 0 Å². The number of para-hydroxylation sites is 1. The number of rotatable bonds is 9. The fourth-order valence-electron chi connectivity index (χ4n) is 5.34. The molecule has 0 spiro atoms. The molecule has 3 heterocycles. The molecule has 0 radical (unpaired) electrons. The smallest absolute Gasteiger partial charge is 0.337 e. The molecular weight excluding hydrogens is 553 g/mol. The molecule has 10 nitrogen and oxygen atoms in total. The van der Waals surface area contributed by atoms with Crippen LogP contribution in [0.25, 0.3) is 16.9 Å². The number of carbonyl (C=O) groups excluding carboxylic acids is 1. The number of nitrogens with zero attached hydrogens (tertiary/aromatic N) is 3. The first-order chi connectivity index (χ1) is 20.4. The van der Waals surface area contributed by atoms with Crippen LogP contribution in [0.3, 0.4) is 0 Å². The minimum absolute atomic E-state index is 0.0908. The number of hydrogen-bond acceptors (Lipinski definition) is 7. The Morgan fingerprint density at radius 1 is 1.16 bits per heavy atom. The predicted molar refractivity (Wildman–Crippen MR) is 160 cm³/mol. The summed E-state index contributed by atoms with van der Waals surface area (Å²) in [5.41, 5.74) is 3.30. The Balaban J connectivity index is 1.61. The fourth-order valence-corrected chi connectivity index (χ4v) is 5.34. The van der Waals surface area contributed by atoms with Gasteiger partial charge in [-0.2, -0.15) is 5.10 Å². The Kier molecular flexibility index (Phi) is 8.36. The zero-order valence-electron chi connectivity index (χ0n) is 25.0. The fraction of sp³-hybridized carbons (Fsp3) is 0.375. The monoisotopic (exact) mass is 589 g/mol. The maximum atomic E-state index is 15.5. The van der Waals surface area contributed by atoms with Crippen molar-refractivity contribution in [3.8, 4) is 17.0 Å². The maximum Gasteiger partial charge on any atom is 0.337 e. The Bertz CT molecular complexity index is 1680. The quantitative estimate of drug-likeness (QED) is 0.226. The van der Waals surface area contributed by atoms with Gasteiger partial charge in [-0.25, -0.2) is 18.7 Å². The highest BCUT2D eigenvalue weighted by Crippen LogP contribution is 2.41. The highest BCUT2D eigenvalue weighted by atomic mass is 19.1. The number of carboxylic acids is 1. The standard InChI is InChI=1S/C32H36FN5O5/c1-18-21-12-9-15-42-28(21)23(33)16-22(18)27-26(29(31(40)41)43-32(3,4)5)19(2)36-25-17-24(37-38(25)27)30(39)35-14-13-34-20-10-7-6-8-11-20/h6-8,10-11,16-17,29,34H,9,12-15H2,1-5H3,(H,35,39)(H,40,41)/t29-/m0/s1. The van der Waals surface area contributed by atoms with Gasteiger partial charge in [-0.1, -0.05) is 18.2 Å². The number of aromatic nitrogens is 3. The third-order valence-electron chi connectivity index (χ3n) is 7.22. The third kappa shape index (κ3) is 6.31. The lowest BCUT2D eigenvalue weighted by molar-refractivity contribution is -0.160. The number of carbonyl (C=O) groups is 2. The molecule has 11 heteroatoms. The summed E-state index contributed by atoms with van der Waals surface area (Å²) in [4.78, 5) is 30.4. The van der Waals surface area contributed by atoms with Crippen molar-refractivity contribution >= 4 is 23.2 Å². The van der Waals surface area contributed by atoms with E-state index in [1.807, 2.05) is 37.3 Å². The lowest BCUT2D eigenvalue weighted by Crippen LogP contribution is -2.29. The normalized spacial score (nSPS) is 13.7. The molecule has 1 atom stereocenters. The number of hydrogen-bond donors (Lipinski definition) is 3. The van der Waals surface area contributed by atoms with Gasteiger partial charge in [0.2, 0.25) is 0 Å². The van der Waals surface area contributed by atoms with Crippen molar-refractivity contribution < 1.29 is 28.6 Å². The Morgan fingerprint density at radius 3 is 2.60 bits per heavy atom. The molecule has 5 rings (SSSR count). The largest absolute Gasteiger partial charge is 0.490 e. The van der Waals surface area contributed by atoms with E-state index in [0.29, 0.717) is 48.7 Å². The summed E-state index contributed by atoms with van der Waals surface area (Å²) in [6.07, 6.45) is -0.101. The molecule has 0 aliphatic carbocycles. The second-order valence-corrected chi connectivity index (χ2v) is 11.5. The maximum absolute atomic E-state index is 15.5. The Morgan fingerprint density at radius 2 is 1.91 bits per heavy atom. The molecule has 43 heavy (non-hydrogen) atoms. The Hall–Kier alpha value is -4.51. The van der Waals surface area contributed by atoms with E-state index in [1.165, 1.54) is 16.6 Å². The van der Waals surface area contributed by atoms with Gasteiger partial charge >= 0.3 is 5.97 Å². The highest BCUT2D eigenvalue weighted by molar-refractivity contribution is 5.93. The number of benzene rings is 2. The molecule has 1 aliphatic heterocycles. The molecule has 4 aromatic rings. The SMILES string of the molecule is Cc1nc2cc(C(=O)NCCNc3ccccc3)nn2c(-c2cc(F)c3c(c2C)CCCO3)c1[C@H](OC(C)(C)C)C(=O)O. The van der Waals surface area contributed by atoms with Gasteiger partial charge in [0.15, 0.2) is 29.0 Å². The van der Waals surface area contributed by atoms with Crippen molar-refractivity contribution in [1.82, 2.24) is 19.9 Å². The van der Waals surface area contributed by atoms with E-state index >= 15 is 4.39 Å². The van der Waals surface area contributed by atoms with Crippen LogP contribution in [0.5, 0.6) is 5.75 Å². The number of nitrogens with one attached hydrogen (secondary N) is 2. The minimum atomic E-state index is -1.44. The molecule has 0 unspecified atom stereocenters. The topological polar surface area (TPSA) is 127 Å². The van der Waals surface area contributed by atoms with E-state index in [1.54, 1.807) is 27.7 Å². The summed E-state index contributed by atoms with van der Waals surface area (Å²) in [5, 5.41) is 21.0. The van der Waals surface area contributed by atoms with Gasteiger partial charge in [-0.05, 0) is 71.2 Å². The molecule has 0 fully saturated rings. The lowest BCUT2D eigenvalue weighted by Gasteiger charge is -2.28. The molecule has 1 aliphatic rings. The second kappa shape index (κ2) is 12.0. The molecule has 1 amide bonds. The summed E-state index contributed by atoms with van der Waals surface area (Å²) in [7, 11) is 0. The average Bonchev–Trinajstić information content (AvgIpc) is 3.39. The zero-order chi connectivity index (χ0) is 30.9. The van der Waals surface area contributed by atoms with E-state index < -0.39 is 29.4 Å². The van der Waals surface area contributed by atoms with Gasteiger partial charge in [0.05, 0.1) is 17.9 Å². The summed E-state index contributed by atoms with van der Waals surface area (Å²) in [5.74, 6) is -1.99. The van der Waals surface area contributed by atoms with Crippen LogP contribution in [0.1, 0.15) is 66.2 Å². The molecule has 0 saturated carbocycles. The van der Waals surface area contributed by atoms with Crippen LogP contribution in [-0.4, -0.2) is 56.9 Å². The van der Waals surface area contributed by atoms with Gasteiger partial charge < -0.3 is 25.2 Å². The molecule has 226 valence electrons. The van der Waals surface area contributed by atoms with Crippen LogP contribution in [0.15, 0.2) is 42.5 Å². The van der Waals surface area contributed by atoms with Crippen LogP contribution in [0.4, 0.5) is 10.1 Å². The van der Waals surface area contributed by atoms with Gasteiger partial charge in [-0.15, -0.1) is 0 Å². The molecular formula is C32H36FN5O5. The lowest BCUT2D eigenvalue weighted by atomic mass is 9.91. The molecule has 0 bridgehead atoms. The number of anilines is 1. The first-order valence-electron chi connectivity index (χ1n) is 14.3. The average molecular weight is 590 g/mol. The van der Waals surface area contributed by atoms with E-state index in [0.717, 1.165) is 23.2 Å². The first-order valence-corrected chi connectivity index (χ1v) is 14.3. The zero-order valence-corrected chi connectivity index (χ0v) is 25.0. The molecule has 3 N–H and O–H groups in total. The van der Waals surface area contributed by atoms with Crippen LogP contribution in [0.2, 0.25) is 0 Å². The van der Waals surface area contributed by atoms with Crippen LogP contribution in [-0.2, 0) is 16.0 Å². The minimum Gasteiger partial charge on any atom is -0.490 e. The van der Waals surface area contributed by atoms with Crippen LogP contribution >= 0.6 is 0 Å². The number of ether oxygens (including phenoxy) is 2. The van der Waals surface area contributed by atoms with Crippen molar-refractivity contribution in [3.05, 3.63) is 76.4 Å². The Labute approximate surface area is 249 Å². The van der Waals surface area contributed by atoms with E-state index in [2.05, 4.69) is 20.7 Å². The third-order valence-corrected chi connectivity index (χ3v) is 7.22. The van der Waals surface area contributed by atoms with Crippen molar-refractivity contribution in [2.75, 3.05) is 25.0 Å². The number of carboxylic acid groups (broad SMARTS) is 1.